The van der Waals surface area contributed by atoms with Gasteiger partial charge in [-0.15, -0.1) is 11.3 Å². The van der Waals surface area contributed by atoms with E-state index in [0.717, 1.165) is 33.5 Å². The minimum absolute atomic E-state index is 0.754. The third-order valence-electron chi connectivity index (χ3n) is 6.28. The van der Waals surface area contributed by atoms with Gasteiger partial charge in [-0.2, -0.15) is 0 Å². The van der Waals surface area contributed by atoms with Gasteiger partial charge >= 0.3 is 0 Å². The number of rotatable bonds is 2. The van der Waals surface area contributed by atoms with Gasteiger partial charge in [-0.1, -0.05) is 97.1 Å². The standard InChI is InChI=1S/C30H18N2S/c1-2-9-20(10-3-1)30-31-25-15-6-4-13-23(25)28(32-30)24-14-8-11-19-17-18-22-21-12-5-7-16-26(21)33-29(22)27(19)24/h1-18H. The summed E-state index contributed by atoms with van der Waals surface area (Å²) in [5.74, 6) is 0.754. The number of aromatic nitrogens is 2. The van der Waals surface area contributed by atoms with Crippen LogP contribution in [0.5, 0.6) is 0 Å². The molecule has 2 heterocycles. The molecule has 2 aromatic heterocycles. The molecule has 0 aliphatic rings. The van der Waals surface area contributed by atoms with Crippen LogP contribution in [0.15, 0.2) is 109 Å². The van der Waals surface area contributed by atoms with Crippen LogP contribution in [0, 0.1) is 0 Å². The van der Waals surface area contributed by atoms with E-state index < -0.39 is 0 Å². The summed E-state index contributed by atoms with van der Waals surface area (Å²) in [6.45, 7) is 0. The Bertz CT molecular complexity index is 1820. The molecule has 0 bridgehead atoms. The summed E-state index contributed by atoms with van der Waals surface area (Å²) < 4.78 is 2.63. The summed E-state index contributed by atoms with van der Waals surface area (Å²) in [5, 5.41) is 6.18. The van der Waals surface area contributed by atoms with Gasteiger partial charge in [0.05, 0.1) is 11.2 Å². The lowest BCUT2D eigenvalue weighted by Gasteiger charge is -2.12. The van der Waals surface area contributed by atoms with Gasteiger partial charge in [0.2, 0.25) is 0 Å². The predicted molar refractivity (Wildman–Crippen MR) is 141 cm³/mol. The Hall–Kier alpha value is -4.08. The van der Waals surface area contributed by atoms with Crippen molar-refractivity contribution in [3.63, 3.8) is 0 Å². The number of benzene rings is 5. The molecular formula is C30H18N2S. The second kappa shape index (κ2) is 7.22. The maximum atomic E-state index is 5.15. The first-order valence-electron chi connectivity index (χ1n) is 11.0. The number of para-hydroxylation sites is 1. The van der Waals surface area contributed by atoms with Crippen LogP contribution >= 0.6 is 11.3 Å². The Morgan fingerprint density at radius 3 is 2.24 bits per heavy atom. The summed E-state index contributed by atoms with van der Waals surface area (Å²) in [4.78, 5) is 10.0. The molecule has 7 aromatic rings. The van der Waals surface area contributed by atoms with Gasteiger partial charge < -0.3 is 0 Å². The Morgan fingerprint density at radius 1 is 0.545 bits per heavy atom. The monoisotopic (exact) mass is 438 g/mol. The molecule has 7 rings (SSSR count). The molecular weight excluding hydrogens is 420 g/mol. The lowest BCUT2D eigenvalue weighted by atomic mass is 9.97. The van der Waals surface area contributed by atoms with Crippen molar-refractivity contribution in [2.24, 2.45) is 0 Å². The molecule has 0 radical (unpaired) electrons. The molecule has 0 aliphatic heterocycles. The summed E-state index contributed by atoms with van der Waals surface area (Å²) >= 11 is 1.86. The van der Waals surface area contributed by atoms with E-state index in [-0.39, 0.29) is 0 Å². The summed E-state index contributed by atoms with van der Waals surface area (Å²) in [6, 6.07) is 38.2. The molecule has 0 fully saturated rings. The quantitative estimate of drug-likeness (QED) is 0.270. The van der Waals surface area contributed by atoms with Gasteiger partial charge in [0, 0.05) is 42.1 Å². The van der Waals surface area contributed by atoms with Gasteiger partial charge in [-0.3, -0.25) is 0 Å². The second-order valence-electron chi connectivity index (χ2n) is 8.22. The Morgan fingerprint density at radius 2 is 1.33 bits per heavy atom. The number of hydrogen-bond donors (Lipinski definition) is 0. The lowest BCUT2D eigenvalue weighted by Crippen LogP contribution is -1.95. The van der Waals surface area contributed by atoms with E-state index in [2.05, 4.69) is 84.9 Å². The zero-order valence-corrected chi connectivity index (χ0v) is 18.5. The fraction of sp³-hybridized carbons (Fsp3) is 0. The van der Waals surface area contributed by atoms with E-state index >= 15 is 0 Å². The molecule has 0 spiro atoms. The molecule has 154 valence electrons. The van der Waals surface area contributed by atoms with Crippen molar-refractivity contribution in [3.05, 3.63) is 109 Å². The fourth-order valence-corrected chi connectivity index (χ4v) is 6.02. The maximum Gasteiger partial charge on any atom is 0.160 e. The van der Waals surface area contributed by atoms with E-state index in [0.29, 0.717) is 0 Å². The first-order chi connectivity index (χ1) is 16.4. The molecule has 0 amide bonds. The smallest absolute Gasteiger partial charge is 0.160 e. The van der Waals surface area contributed by atoms with Gasteiger partial charge in [-0.25, -0.2) is 9.97 Å². The highest BCUT2D eigenvalue weighted by Crippen LogP contribution is 2.43. The Balaban J connectivity index is 1.63. The zero-order chi connectivity index (χ0) is 21.8. The van der Waals surface area contributed by atoms with Gasteiger partial charge in [0.15, 0.2) is 5.82 Å². The average molecular weight is 439 g/mol. The molecule has 3 heteroatoms. The highest BCUT2D eigenvalue weighted by molar-refractivity contribution is 7.26. The number of nitrogens with zero attached hydrogens (tertiary/aromatic N) is 2. The Kier molecular flexibility index (Phi) is 4.05. The number of thiophene rings is 1. The largest absolute Gasteiger partial charge is 0.228 e. The van der Waals surface area contributed by atoms with Crippen LogP contribution in [0.2, 0.25) is 0 Å². The Labute approximate surface area is 194 Å². The van der Waals surface area contributed by atoms with Crippen LogP contribution in [-0.2, 0) is 0 Å². The maximum absolute atomic E-state index is 5.15. The van der Waals surface area contributed by atoms with Crippen LogP contribution < -0.4 is 0 Å². The van der Waals surface area contributed by atoms with E-state index in [1.807, 2.05) is 35.6 Å². The molecule has 0 N–H and O–H groups in total. The van der Waals surface area contributed by atoms with E-state index in [4.69, 9.17) is 9.97 Å². The molecule has 0 saturated heterocycles. The summed E-state index contributed by atoms with van der Waals surface area (Å²) in [6.07, 6.45) is 0. The van der Waals surface area contributed by atoms with Crippen LogP contribution in [0.25, 0.3) is 64.5 Å². The van der Waals surface area contributed by atoms with Crippen LogP contribution in [0.1, 0.15) is 0 Å². The molecule has 5 aromatic carbocycles. The predicted octanol–water partition coefficient (Wildman–Crippen LogP) is 8.48. The lowest BCUT2D eigenvalue weighted by molar-refractivity contribution is 1.23. The van der Waals surface area contributed by atoms with Crippen LogP contribution in [0.4, 0.5) is 0 Å². The summed E-state index contributed by atoms with van der Waals surface area (Å²) in [7, 11) is 0. The molecule has 0 unspecified atom stereocenters. The van der Waals surface area contributed by atoms with Crippen molar-refractivity contribution in [1.82, 2.24) is 9.97 Å². The second-order valence-corrected chi connectivity index (χ2v) is 9.28. The third-order valence-corrected chi connectivity index (χ3v) is 7.48. The minimum atomic E-state index is 0.754. The van der Waals surface area contributed by atoms with Crippen molar-refractivity contribution in [1.29, 1.82) is 0 Å². The van der Waals surface area contributed by atoms with E-state index in [1.54, 1.807) is 0 Å². The normalized spacial score (nSPS) is 11.6. The first kappa shape index (κ1) is 18.5. The SMILES string of the molecule is c1ccc(-c2nc(-c3cccc4ccc5c6ccccc6sc5c34)c3ccccc3n2)cc1. The highest BCUT2D eigenvalue weighted by Gasteiger charge is 2.16. The first-order valence-corrected chi connectivity index (χ1v) is 11.8. The van der Waals surface area contributed by atoms with Crippen LogP contribution in [-0.4, -0.2) is 9.97 Å². The van der Waals surface area contributed by atoms with Crippen molar-refractivity contribution in [3.8, 4) is 22.6 Å². The fourth-order valence-electron chi connectivity index (χ4n) is 4.75. The van der Waals surface area contributed by atoms with Crippen molar-refractivity contribution in [2.75, 3.05) is 0 Å². The zero-order valence-electron chi connectivity index (χ0n) is 17.7. The highest BCUT2D eigenvalue weighted by atomic mass is 32.1. The van der Waals surface area contributed by atoms with Crippen molar-refractivity contribution in [2.45, 2.75) is 0 Å². The third kappa shape index (κ3) is 2.86. The van der Waals surface area contributed by atoms with E-state index in [9.17, 15) is 0 Å². The van der Waals surface area contributed by atoms with Crippen molar-refractivity contribution >= 4 is 53.2 Å². The molecule has 0 aliphatic carbocycles. The van der Waals surface area contributed by atoms with Crippen LogP contribution in [0.3, 0.4) is 0 Å². The molecule has 0 saturated carbocycles. The molecule has 33 heavy (non-hydrogen) atoms. The van der Waals surface area contributed by atoms with Crippen molar-refractivity contribution < 1.29 is 0 Å². The number of fused-ring (bicyclic) bond motifs is 6. The van der Waals surface area contributed by atoms with Gasteiger partial charge in [-0.05, 0) is 17.5 Å². The van der Waals surface area contributed by atoms with Gasteiger partial charge in [0.1, 0.15) is 0 Å². The number of hydrogen-bond acceptors (Lipinski definition) is 3. The van der Waals surface area contributed by atoms with Gasteiger partial charge in [0.25, 0.3) is 0 Å². The molecule has 2 nitrogen and oxygen atoms in total. The minimum Gasteiger partial charge on any atom is -0.228 e. The average Bonchev–Trinajstić information content (AvgIpc) is 3.27. The topological polar surface area (TPSA) is 25.8 Å². The summed E-state index contributed by atoms with van der Waals surface area (Å²) in [5.41, 5.74) is 4.12. The van der Waals surface area contributed by atoms with E-state index in [1.165, 1.54) is 30.9 Å². The molecule has 0 atom stereocenters.